The molecule has 2 rings (SSSR count). The number of halogens is 3. The number of rotatable bonds is 7. The first kappa shape index (κ1) is 34.4. The summed E-state index contributed by atoms with van der Waals surface area (Å²) < 4.78 is 42.9. The number of carbonyl (C=O) groups excluding carboxylic acids is 1. The van der Waals surface area contributed by atoms with Crippen molar-refractivity contribution in [3.8, 4) is 5.75 Å². The molecule has 0 aliphatic carbocycles. The Morgan fingerprint density at radius 3 is 2.03 bits per heavy atom. The van der Waals surface area contributed by atoms with Gasteiger partial charge in [-0.3, -0.25) is 0 Å². The fourth-order valence-electron chi connectivity index (χ4n) is 2.11. The van der Waals surface area contributed by atoms with Crippen molar-refractivity contribution in [2.75, 3.05) is 5.75 Å². The van der Waals surface area contributed by atoms with Crippen LogP contribution in [0.5, 0.6) is 5.75 Å². The number of alkyl halides is 3. The van der Waals surface area contributed by atoms with E-state index < -0.39 is 30.0 Å². The molecule has 0 bridgehead atoms. The molecule has 0 aliphatic rings. The standard InChI is InChI=1S/C18H17F3O3S.CH2O3.2Cs/c1-12-4-2-3-5-16(12)25-11-10-15(17(22)23)24-14-8-6-13(7-9-14)18(19,20)21;2-1(3)4;;/h2-9,15H,10-11H2,1H3,(H,22,23);(H2,2,3,4);;/q;;2*+1/p-2/t15-;;;/m0.../s1. The smallest absolute Gasteiger partial charge is 0.652 e. The summed E-state index contributed by atoms with van der Waals surface area (Å²) in [6.45, 7) is 1.97. The minimum atomic E-state index is -4.44. The maximum atomic E-state index is 12.5. The number of hydrogen-bond acceptors (Lipinski definition) is 6. The molecule has 1 N–H and O–H groups in total. The topological polar surface area (TPSA) is 110 Å². The summed E-state index contributed by atoms with van der Waals surface area (Å²) in [6, 6.07) is 11.8. The monoisotopic (exact) mass is 696 g/mol. The van der Waals surface area contributed by atoms with Gasteiger partial charge in [0.05, 0.1) is 5.56 Å². The van der Waals surface area contributed by atoms with E-state index in [0.29, 0.717) is 5.75 Å². The van der Waals surface area contributed by atoms with Gasteiger partial charge in [0.15, 0.2) is 6.10 Å². The molecule has 2 aromatic carbocycles. The molecular formula is C19H17Cs2F3O6S. The van der Waals surface area contributed by atoms with Crippen LogP contribution in [0.1, 0.15) is 17.5 Å². The summed E-state index contributed by atoms with van der Waals surface area (Å²) in [6.07, 6.45) is -7.65. The second-order valence-corrected chi connectivity index (χ2v) is 6.76. The van der Waals surface area contributed by atoms with Gasteiger partial charge in [0.1, 0.15) is 5.75 Å². The zero-order valence-corrected chi connectivity index (χ0v) is 30.5. The average molecular weight is 696 g/mol. The molecule has 12 heteroatoms. The number of hydrogen-bond donors (Lipinski definition) is 1. The van der Waals surface area contributed by atoms with Gasteiger partial charge in [0.2, 0.25) is 0 Å². The van der Waals surface area contributed by atoms with Crippen LogP contribution >= 0.6 is 11.8 Å². The Morgan fingerprint density at radius 2 is 1.58 bits per heavy atom. The van der Waals surface area contributed by atoms with Gasteiger partial charge in [-0.1, -0.05) is 18.2 Å². The van der Waals surface area contributed by atoms with Crippen molar-refractivity contribution < 1.29 is 181 Å². The predicted octanol–water partition coefficient (Wildman–Crippen LogP) is -3.41. The molecule has 0 aliphatic heterocycles. The van der Waals surface area contributed by atoms with Gasteiger partial charge in [-0.25, -0.2) is 4.79 Å². The van der Waals surface area contributed by atoms with E-state index in [2.05, 4.69) is 0 Å². The molecule has 2 aromatic rings. The fraction of sp³-hybridized carbons (Fsp3) is 0.263. The maximum Gasteiger partial charge on any atom is 1.00 e. The van der Waals surface area contributed by atoms with Crippen LogP contribution in [0.3, 0.4) is 0 Å². The number of carbonyl (C=O) groups is 2. The Kier molecular flexibility index (Phi) is 19.6. The normalized spacial score (nSPS) is 11.0. The summed E-state index contributed by atoms with van der Waals surface area (Å²) in [4.78, 5) is 20.7. The van der Waals surface area contributed by atoms with Gasteiger partial charge < -0.3 is 24.9 Å². The van der Waals surface area contributed by atoms with E-state index in [1.165, 1.54) is 11.8 Å². The minimum Gasteiger partial charge on any atom is -0.652 e. The molecule has 0 amide bonds. The predicted molar refractivity (Wildman–Crippen MR) is 95.4 cm³/mol. The molecule has 0 aromatic heterocycles. The number of benzene rings is 2. The van der Waals surface area contributed by atoms with Crippen LogP contribution in [0.2, 0.25) is 0 Å². The van der Waals surface area contributed by atoms with E-state index in [9.17, 15) is 23.1 Å². The van der Waals surface area contributed by atoms with Gasteiger partial charge in [-0.15, -0.1) is 11.8 Å². The molecule has 158 valence electrons. The first-order valence-corrected chi connectivity index (χ1v) is 9.12. The minimum absolute atomic E-state index is 0. The van der Waals surface area contributed by atoms with Gasteiger partial charge >= 0.3 is 150 Å². The van der Waals surface area contributed by atoms with E-state index >= 15 is 0 Å². The first-order chi connectivity index (χ1) is 13.5. The summed E-state index contributed by atoms with van der Waals surface area (Å²) >= 11 is 1.52. The number of aryl methyl sites for hydroxylation is 1. The molecule has 0 saturated heterocycles. The Balaban J connectivity index is 0. The Bertz CT molecular complexity index is 815. The van der Waals surface area contributed by atoms with Crippen molar-refractivity contribution in [3.05, 3.63) is 59.7 Å². The Labute approximate surface area is 299 Å². The van der Waals surface area contributed by atoms with E-state index in [0.717, 1.165) is 34.7 Å². The second kappa shape index (κ2) is 17.6. The molecular weight excluding hydrogens is 679 g/mol. The SMILES string of the molecule is Cc1ccccc1SCC[C@H](Oc1ccc(C(F)(F)F)cc1)C(=O)O.O=C([O-])[O-].[Cs+].[Cs+]. The molecule has 6 nitrogen and oxygen atoms in total. The summed E-state index contributed by atoms with van der Waals surface area (Å²) in [5, 5.41) is 25.9. The number of aliphatic carboxylic acids is 1. The van der Waals surface area contributed by atoms with Crippen molar-refractivity contribution in [2.45, 2.75) is 30.5 Å². The van der Waals surface area contributed by atoms with Crippen molar-refractivity contribution in [1.82, 2.24) is 0 Å². The molecule has 0 saturated carbocycles. The third-order valence-corrected chi connectivity index (χ3v) is 4.68. The van der Waals surface area contributed by atoms with Crippen LogP contribution in [0.4, 0.5) is 18.0 Å². The molecule has 0 fully saturated rings. The number of ether oxygens (including phenoxy) is 1. The van der Waals surface area contributed by atoms with E-state index in [1.54, 1.807) is 0 Å². The average Bonchev–Trinajstić information content (AvgIpc) is 2.61. The van der Waals surface area contributed by atoms with Crippen molar-refractivity contribution >= 4 is 23.9 Å². The van der Waals surface area contributed by atoms with Crippen molar-refractivity contribution in [3.63, 3.8) is 0 Å². The maximum absolute atomic E-state index is 12.5. The molecule has 1 atom stereocenters. The Morgan fingerprint density at radius 1 is 1.06 bits per heavy atom. The van der Waals surface area contributed by atoms with Crippen LogP contribution in [0.15, 0.2) is 53.4 Å². The van der Waals surface area contributed by atoms with Crippen LogP contribution in [0.25, 0.3) is 0 Å². The van der Waals surface area contributed by atoms with Crippen LogP contribution < -0.4 is 153 Å². The molecule has 0 unspecified atom stereocenters. The second-order valence-electron chi connectivity index (χ2n) is 5.62. The summed E-state index contributed by atoms with van der Waals surface area (Å²) in [5.41, 5.74) is 0.296. The Hall–Kier alpha value is 1.22. The number of carboxylic acid groups (broad SMARTS) is 3. The van der Waals surface area contributed by atoms with E-state index in [1.807, 2.05) is 31.2 Å². The van der Waals surface area contributed by atoms with E-state index in [-0.39, 0.29) is 150 Å². The van der Waals surface area contributed by atoms with Crippen LogP contribution in [0, 0.1) is 6.92 Å². The van der Waals surface area contributed by atoms with Gasteiger partial charge in [-0.05, 0) is 49.0 Å². The molecule has 0 radical (unpaired) electrons. The van der Waals surface area contributed by atoms with Crippen molar-refractivity contribution in [1.29, 1.82) is 0 Å². The number of carboxylic acids is 1. The van der Waals surface area contributed by atoms with E-state index in [4.69, 9.17) is 19.7 Å². The van der Waals surface area contributed by atoms with Gasteiger partial charge in [0.25, 0.3) is 0 Å². The van der Waals surface area contributed by atoms with Crippen LogP contribution in [-0.2, 0) is 11.0 Å². The zero-order valence-electron chi connectivity index (χ0n) is 17.1. The fourth-order valence-corrected chi connectivity index (χ4v) is 3.14. The van der Waals surface area contributed by atoms with Gasteiger partial charge in [0, 0.05) is 17.1 Å². The summed E-state index contributed by atoms with van der Waals surface area (Å²) in [5.74, 6) is -0.533. The van der Waals surface area contributed by atoms with Gasteiger partial charge in [-0.2, -0.15) is 13.2 Å². The first-order valence-electron chi connectivity index (χ1n) is 8.14. The zero-order chi connectivity index (χ0) is 22.0. The molecule has 0 spiro atoms. The van der Waals surface area contributed by atoms with Crippen LogP contribution in [-0.4, -0.2) is 29.1 Å². The summed E-state index contributed by atoms with van der Waals surface area (Å²) in [7, 11) is 0. The largest absolute Gasteiger partial charge is 1.00 e. The number of thioether (sulfide) groups is 1. The molecule has 31 heavy (non-hydrogen) atoms. The quantitative estimate of drug-likeness (QED) is 0.301. The molecule has 0 heterocycles. The third-order valence-electron chi connectivity index (χ3n) is 3.47. The third kappa shape index (κ3) is 15.0. The van der Waals surface area contributed by atoms with Crippen molar-refractivity contribution in [2.24, 2.45) is 0 Å².